The summed E-state index contributed by atoms with van der Waals surface area (Å²) in [7, 11) is 3.28. The van der Waals surface area contributed by atoms with Crippen LogP contribution in [0.5, 0.6) is 0 Å². The molecule has 0 fully saturated rings. The summed E-state index contributed by atoms with van der Waals surface area (Å²) in [6.45, 7) is 7.87. The topological polar surface area (TPSA) is 56.8 Å². The Labute approximate surface area is 126 Å². The molecule has 5 heteroatoms. The van der Waals surface area contributed by atoms with Crippen LogP contribution in [-0.2, 0) is 19.8 Å². The van der Waals surface area contributed by atoms with E-state index in [-0.39, 0.29) is 0 Å². The molecule has 1 unspecified atom stereocenters. The summed E-state index contributed by atoms with van der Waals surface area (Å²) in [6, 6.07) is 7.42. The van der Waals surface area contributed by atoms with Crippen LogP contribution in [-0.4, -0.2) is 32.5 Å². The Morgan fingerprint density at radius 1 is 1.10 bits per heavy atom. The Morgan fingerprint density at radius 2 is 1.67 bits per heavy atom. The van der Waals surface area contributed by atoms with Gasteiger partial charge in [-0.05, 0) is 45.4 Å². The zero-order valence-corrected chi connectivity index (χ0v) is 13.6. The zero-order chi connectivity index (χ0) is 16.1. The third kappa shape index (κ3) is 5.36. The highest BCUT2D eigenvalue weighted by Gasteiger charge is 2.26. The fourth-order valence-electron chi connectivity index (χ4n) is 1.86. The van der Waals surface area contributed by atoms with E-state index in [1.165, 1.54) is 0 Å². The molecule has 0 saturated carbocycles. The van der Waals surface area contributed by atoms with Crippen LogP contribution in [0.15, 0.2) is 24.3 Å². The highest BCUT2D eigenvalue weighted by molar-refractivity contribution is 5.84. The number of carbonyl (C=O) groups excluding carboxylic acids is 1. The van der Waals surface area contributed by atoms with Crippen molar-refractivity contribution in [2.75, 3.05) is 26.1 Å². The van der Waals surface area contributed by atoms with Crippen LogP contribution in [0.4, 0.5) is 10.5 Å². The van der Waals surface area contributed by atoms with Crippen molar-refractivity contribution in [3.8, 4) is 0 Å². The predicted molar refractivity (Wildman–Crippen MR) is 82.5 cm³/mol. The molecule has 1 N–H and O–H groups in total. The molecule has 1 atom stereocenters. The van der Waals surface area contributed by atoms with E-state index in [1.807, 2.05) is 52.0 Å². The van der Waals surface area contributed by atoms with E-state index >= 15 is 0 Å². The van der Waals surface area contributed by atoms with Crippen molar-refractivity contribution < 1.29 is 19.0 Å². The monoisotopic (exact) mass is 295 g/mol. The summed E-state index contributed by atoms with van der Waals surface area (Å²) in [5.41, 5.74) is 0.613. The predicted octanol–water partition coefficient (Wildman–Crippen LogP) is 3.54. The lowest BCUT2D eigenvalue weighted by Gasteiger charge is -2.28. The van der Waals surface area contributed by atoms with E-state index < -0.39 is 17.3 Å². The molecule has 0 aliphatic heterocycles. The highest BCUT2D eigenvalue weighted by atomic mass is 16.6. The standard InChI is InChI=1S/C16H25NO4/c1-15(2,3)21-14(18)17-13-9-7-12(8-10-13)16(4,20-6)11-19-5/h7-10H,11H2,1-6H3,(H,17,18). The van der Waals surface area contributed by atoms with Crippen molar-refractivity contribution in [3.63, 3.8) is 0 Å². The quantitative estimate of drug-likeness (QED) is 0.902. The minimum Gasteiger partial charge on any atom is -0.444 e. The number of nitrogens with one attached hydrogen (secondary N) is 1. The van der Waals surface area contributed by atoms with Crippen LogP contribution < -0.4 is 5.32 Å². The Kier molecular flexibility index (Phi) is 5.75. The van der Waals surface area contributed by atoms with Gasteiger partial charge in [0.2, 0.25) is 0 Å². The molecule has 0 saturated heterocycles. The second kappa shape index (κ2) is 6.91. The molecular formula is C16H25NO4. The number of benzene rings is 1. The lowest BCUT2D eigenvalue weighted by atomic mass is 9.96. The molecular weight excluding hydrogens is 270 g/mol. The van der Waals surface area contributed by atoms with Crippen molar-refractivity contribution in [1.82, 2.24) is 0 Å². The van der Waals surface area contributed by atoms with Gasteiger partial charge < -0.3 is 14.2 Å². The second-order valence-corrected chi connectivity index (χ2v) is 6.07. The maximum absolute atomic E-state index is 11.7. The lowest BCUT2D eigenvalue weighted by Crippen LogP contribution is -2.30. The molecule has 0 spiro atoms. The molecule has 1 amide bonds. The normalized spacial score (nSPS) is 14.4. The van der Waals surface area contributed by atoms with Crippen LogP contribution in [0.25, 0.3) is 0 Å². The van der Waals surface area contributed by atoms with Gasteiger partial charge in [-0.3, -0.25) is 5.32 Å². The van der Waals surface area contributed by atoms with Crippen LogP contribution in [0.1, 0.15) is 33.3 Å². The molecule has 0 heterocycles. The molecule has 1 aromatic carbocycles. The molecule has 0 aliphatic rings. The number of carbonyl (C=O) groups is 1. The number of methoxy groups -OCH3 is 2. The van der Waals surface area contributed by atoms with E-state index in [0.29, 0.717) is 12.3 Å². The first kappa shape index (κ1) is 17.5. The first-order valence-electron chi connectivity index (χ1n) is 6.85. The Morgan fingerprint density at radius 3 is 2.10 bits per heavy atom. The molecule has 1 aromatic rings. The largest absolute Gasteiger partial charge is 0.444 e. The molecule has 0 aliphatic carbocycles. The first-order valence-corrected chi connectivity index (χ1v) is 6.85. The number of hydrogen-bond acceptors (Lipinski definition) is 4. The van der Waals surface area contributed by atoms with Crippen LogP contribution in [0, 0.1) is 0 Å². The number of hydrogen-bond donors (Lipinski definition) is 1. The van der Waals surface area contributed by atoms with Gasteiger partial charge in [0.25, 0.3) is 0 Å². The fraction of sp³-hybridized carbons (Fsp3) is 0.562. The minimum absolute atomic E-state index is 0.447. The van der Waals surface area contributed by atoms with E-state index in [0.717, 1.165) is 5.56 Å². The van der Waals surface area contributed by atoms with Crippen molar-refractivity contribution in [2.24, 2.45) is 0 Å². The first-order chi connectivity index (χ1) is 9.70. The molecule has 21 heavy (non-hydrogen) atoms. The third-order valence-electron chi connectivity index (χ3n) is 3.01. The minimum atomic E-state index is -0.517. The van der Waals surface area contributed by atoms with Crippen molar-refractivity contribution in [3.05, 3.63) is 29.8 Å². The SMILES string of the molecule is COCC(C)(OC)c1ccc(NC(=O)OC(C)(C)C)cc1. The summed E-state index contributed by atoms with van der Waals surface area (Å²) in [6.07, 6.45) is -0.471. The lowest BCUT2D eigenvalue weighted by molar-refractivity contribution is -0.0555. The summed E-state index contributed by atoms with van der Waals surface area (Å²) in [5.74, 6) is 0. The third-order valence-corrected chi connectivity index (χ3v) is 3.01. The van der Waals surface area contributed by atoms with Crippen LogP contribution in [0.2, 0.25) is 0 Å². The average molecular weight is 295 g/mol. The summed E-state index contributed by atoms with van der Waals surface area (Å²) in [4.78, 5) is 11.7. The van der Waals surface area contributed by atoms with Gasteiger partial charge in [0.15, 0.2) is 0 Å². The molecule has 0 bridgehead atoms. The van der Waals surface area contributed by atoms with Gasteiger partial charge in [-0.2, -0.15) is 0 Å². The number of rotatable bonds is 5. The van der Waals surface area contributed by atoms with Gasteiger partial charge in [0, 0.05) is 19.9 Å². The molecule has 1 rings (SSSR count). The Bertz CT molecular complexity index is 464. The van der Waals surface area contributed by atoms with Crippen LogP contribution in [0.3, 0.4) is 0 Å². The summed E-state index contributed by atoms with van der Waals surface area (Å²) >= 11 is 0. The Balaban J connectivity index is 2.76. The maximum Gasteiger partial charge on any atom is 0.412 e. The number of ether oxygens (including phenoxy) is 3. The highest BCUT2D eigenvalue weighted by Crippen LogP contribution is 2.26. The zero-order valence-electron chi connectivity index (χ0n) is 13.6. The molecule has 5 nitrogen and oxygen atoms in total. The molecule has 0 radical (unpaired) electrons. The van der Waals surface area contributed by atoms with Gasteiger partial charge >= 0.3 is 6.09 Å². The van der Waals surface area contributed by atoms with Crippen molar-refractivity contribution >= 4 is 11.8 Å². The van der Waals surface area contributed by atoms with Gasteiger partial charge in [0.05, 0.1) is 6.61 Å². The van der Waals surface area contributed by atoms with Gasteiger partial charge in [0.1, 0.15) is 11.2 Å². The van der Waals surface area contributed by atoms with Gasteiger partial charge in [-0.25, -0.2) is 4.79 Å². The van der Waals surface area contributed by atoms with E-state index in [9.17, 15) is 4.79 Å². The van der Waals surface area contributed by atoms with E-state index in [4.69, 9.17) is 14.2 Å². The average Bonchev–Trinajstić information content (AvgIpc) is 2.37. The van der Waals surface area contributed by atoms with Crippen molar-refractivity contribution in [2.45, 2.75) is 38.9 Å². The van der Waals surface area contributed by atoms with Gasteiger partial charge in [-0.15, -0.1) is 0 Å². The molecule has 0 aromatic heterocycles. The van der Waals surface area contributed by atoms with Gasteiger partial charge in [-0.1, -0.05) is 12.1 Å². The van der Waals surface area contributed by atoms with E-state index in [1.54, 1.807) is 14.2 Å². The number of amides is 1. The molecule has 118 valence electrons. The van der Waals surface area contributed by atoms with E-state index in [2.05, 4.69) is 5.32 Å². The summed E-state index contributed by atoms with van der Waals surface area (Å²) < 4.78 is 15.9. The number of anilines is 1. The fourth-order valence-corrected chi connectivity index (χ4v) is 1.86. The van der Waals surface area contributed by atoms with Crippen molar-refractivity contribution in [1.29, 1.82) is 0 Å². The van der Waals surface area contributed by atoms with Crippen LogP contribution >= 0.6 is 0 Å². The Hall–Kier alpha value is -1.59. The second-order valence-electron chi connectivity index (χ2n) is 6.07. The maximum atomic E-state index is 11.7. The smallest absolute Gasteiger partial charge is 0.412 e. The summed E-state index contributed by atoms with van der Waals surface area (Å²) in [5, 5.41) is 2.69.